The van der Waals surface area contributed by atoms with Gasteiger partial charge in [0.1, 0.15) is 12.7 Å². The maximum absolute atomic E-state index is 6.09. The highest BCUT2D eigenvalue weighted by Crippen LogP contribution is 2.17. The lowest BCUT2D eigenvalue weighted by molar-refractivity contribution is 0.588. The summed E-state index contributed by atoms with van der Waals surface area (Å²) < 4.78 is 1.61. The van der Waals surface area contributed by atoms with Crippen LogP contribution in [0.1, 0.15) is 19.4 Å². The fourth-order valence-corrected chi connectivity index (χ4v) is 1.54. The van der Waals surface area contributed by atoms with E-state index in [4.69, 9.17) is 11.6 Å². The van der Waals surface area contributed by atoms with Gasteiger partial charge in [-0.1, -0.05) is 25.4 Å². The minimum atomic E-state index is 0.411. The van der Waals surface area contributed by atoms with E-state index in [2.05, 4.69) is 34.2 Å². The van der Waals surface area contributed by atoms with Crippen LogP contribution in [0.15, 0.2) is 24.9 Å². The molecule has 0 fully saturated rings. The zero-order chi connectivity index (χ0) is 12.3. The second-order valence-electron chi connectivity index (χ2n) is 4.01. The normalized spacial score (nSPS) is 11.1. The third-order valence-electron chi connectivity index (χ3n) is 2.27. The smallest absolute Gasteiger partial charge is 0.155 e. The third kappa shape index (κ3) is 3.01. The van der Waals surface area contributed by atoms with Crippen LogP contribution in [-0.2, 0) is 6.54 Å². The number of pyridine rings is 1. The van der Waals surface area contributed by atoms with Crippen molar-refractivity contribution in [2.45, 2.75) is 26.4 Å². The van der Waals surface area contributed by atoms with Crippen molar-refractivity contribution in [1.82, 2.24) is 25.1 Å². The molecule has 17 heavy (non-hydrogen) atoms. The van der Waals surface area contributed by atoms with E-state index in [0.29, 0.717) is 23.4 Å². The molecule has 90 valence electrons. The molecule has 0 amide bonds. The van der Waals surface area contributed by atoms with Crippen LogP contribution in [0, 0.1) is 0 Å². The number of hydrogen-bond acceptors (Lipinski definition) is 4. The molecular weight excluding hydrogens is 238 g/mol. The molecule has 2 aromatic heterocycles. The molecule has 0 aliphatic heterocycles. The predicted molar refractivity (Wildman–Crippen MR) is 66.1 cm³/mol. The van der Waals surface area contributed by atoms with Crippen molar-refractivity contribution in [3.8, 4) is 5.82 Å². The molecule has 0 bridgehead atoms. The van der Waals surface area contributed by atoms with E-state index < -0.39 is 0 Å². The van der Waals surface area contributed by atoms with Crippen LogP contribution >= 0.6 is 11.6 Å². The van der Waals surface area contributed by atoms with E-state index in [9.17, 15) is 0 Å². The molecule has 2 aromatic rings. The lowest BCUT2D eigenvalue weighted by atomic mass is 10.2. The van der Waals surface area contributed by atoms with Gasteiger partial charge in [0.25, 0.3) is 0 Å². The Kier molecular flexibility index (Phi) is 3.71. The van der Waals surface area contributed by atoms with Crippen LogP contribution < -0.4 is 5.32 Å². The van der Waals surface area contributed by atoms with Gasteiger partial charge in [0.15, 0.2) is 5.82 Å². The Bertz CT molecular complexity index is 481. The van der Waals surface area contributed by atoms with Crippen LogP contribution in [0.4, 0.5) is 0 Å². The van der Waals surface area contributed by atoms with E-state index in [-0.39, 0.29) is 0 Å². The summed E-state index contributed by atoms with van der Waals surface area (Å²) >= 11 is 6.09. The zero-order valence-corrected chi connectivity index (χ0v) is 10.5. The summed E-state index contributed by atoms with van der Waals surface area (Å²) in [7, 11) is 0. The topological polar surface area (TPSA) is 55.6 Å². The minimum absolute atomic E-state index is 0.411. The van der Waals surface area contributed by atoms with Gasteiger partial charge in [0.05, 0.1) is 5.02 Å². The molecule has 0 aliphatic carbocycles. The van der Waals surface area contributed by atoms with Crippen molar-refractivity contribution in [1.29, 1.82) is 0 Å². The second kappa shape index (κ2) is 5.25. The second-order valence-corrected chi connectivity index (χ2v) is 4.42. The van der Waals surface area contributed by atoms with Crippen LogP contribution in [0.3, 0.4) is 0 Å². The highest BCUT2D eigenvalue weighted by molar-refractivity contribution is 6.31. The lowest BCUT2D eigenvalue weighted by Crippen LogP contribution is -2.22. The maximum Gasteiger partial charge on any atom is 0.155 e. The Morgan fingerprint density at radius 1 is 1.47 bits per heavy atom. The van der Waals surface area contributed by atoms with Gasteiger partial charge in [-0.2, -0.15) is 5.10 Å². The minimum Gasteiger partial charge on any atom is -0.310 e. The van der Waals surface area contributed by atoms with Crippen molar-refractivity contribution in [3.05, 3.63) is 35.5 Å². The molecule has 0 unspecified atom stereocenters. The number of rotatable bonds is 4. The molecule has 0 aliphatic rings. The molecule has 2 heterocycles. The van der Waals surface area contributed by atoms with E-state index in [1.807, 2.05) is 6.07 Å². The van der Waals surface area contributed by atoms with Crippen molar-refractivity contribution >= 4 is 11.6 Å². The third-order valence-corrected chi connectivity index (χ3v) is 2.61. The summed E-state index contributed by atoms with van der Waals surface area (Å²) in [4.78, 5) is 8.10. The van der Waals surface area contributed by atoms with Crippen LogP contribution in [0.25, 0.3) is 5.82 Å². The van der Waals surface area contributed by atoms with Crippen LogP contribution in [0.5, 0.6) is 0 Å². The molecule has 0 saturated heterocycles. The first kappa shape index (κ1) is 12.0. The van der Waals surface area contributed by atoms with E-state index in [0.717, 1.165) is 5.56 Å². The first-order valence-corrected chi connectivity index (χ1v) is 5.77. The van der Waals surface area contributed by atoms with Gasteiger partial charge in [-0.05, 0) is 11.6 Å². The fourth-order valence-electron chi connectivity index (χ4n) is 1.37. The molecule has 0 atom stereocenters. The first-order valence-electron chi connectivity index (χ1n) is 5.39. The molecule has 5 nitrogen and oxygen atoms in total. The quantitative estimate of drug-likeness (QED) is 0.901. The lowest BCUT2D eigenvalue weighted by Gasteiger charge is -2.10. The number of aromatic nitrogens is 4. The highest BCUT2D eigenvalue weighted by Gasteiger charge is 2.06. The standard InChI is InChI=1S/C11H14ClN5/c1-8(2)14-4-9-3-11(15-5-10(9)12)17-7-13-6-16-17/h3,5-8,14H,4H2,1-2H3. The number of hydrogen-bond donors (Lipinski definition) is 1. The van der Waals surface area contributed by atoms with Gasteiger partial charge in [0.2, 0.25) is 0 Å². The van der Waals surface area contributed by atoms with Crippen LogP contribution in [0.2, 0.25) is 5.02 Å². The Morgan fingerprint density at radius 3 is 2.94 bits per heavy atom. The van der Waals surface area contributed by atoms with Gasteiger partial charge in [-0.25, -0.2) is 14.6 Å². The van der Waals surface area contributed by atoms with Crippen molar-refractivity contribution in [2.75, 3.05) is 0 Å². The molecule has 0 saturated carbocycles. The zero-order valence-electron chi connectivity index (χ0n) is 9.76. The molecule has 2 rings (SSSR count). The largest absolute Gasteiger partial charge is 0.310 e. The average Bonchev–Trinajstić information content (AvgIpc) is 2.81. The van der Waals surface area contributed by atoms with Crippen LogP contribution in [-0.4, -0.2) is 25.8 Å². The summed E-state index contributed by atoms with van der Waals surface area (Å²) in [5, 5.41) is 8.00. The van der Waals surface area contributed by atoms with Gasteiger partial charge in [-0.3, -0.25) is 0 Å². The van der Waals surface area contributed by atoms with Gasteiger partial charge in [-0.15, -0.1) is 0 Å². The van der Waals surface area contributed by atoms with Gasteiger partial charge in [0, 0.05) is 18.8 Å². The number of nitrogens with zero attached hydrogens (tertiary/aromatic N) is 4. The maximum atomic E-state index is 6.09. The van der Waals surface area contributed by atoms with Crippen molar-refractivity contribution in [2.24, 2.45) is 0 Å². The fraction of sp³-hybridized carbons (Fsp3) is 0.364. The Labute approximate surface area is 105 Å². The SMILES string of the molecule is CC(C)NCc1cc(-n2cncn2)ncc1Cl. The Hall–Kier alpha value is -1.46. The monoisotopic (exact) mass is 251 g/mol. The molecular formula is C11H14ClN5. The summed E-state index contributed by atoms with van der Waals surface area (Å²) in [6, 6.07) is 2.32. The Balaban J connectivity index is 2.23. The molecule has 6 heteroatoms. The average molecular weight is 252 g/mol. The summed E-state index contributed by atoms with van der Waals surface area (Å²) in [6.07, 6.45) is 4.72. The summed E-state index contributed by atoms with van der Waals surface area (Å²) in [5.74, 6) is 0.715. The number of nitrogens with one attached hydrogen (secondary N) is 1. The molecule has 1 N–H and O–H groups in total. The molecule has 0 spiro atoms. The van der Waals surface area contributed by atoms with E-state index in [1.54, 1.807) is 17.2 Å². The summed E-state index contributed by atoms with van der Waals surface area (Å²) in [5.41, 5.74) is 1.00. The highest BCUT2D eigenvalue weighted by atomic mass is 35.5. The molecule has 0 aromatic carbocycles. The van der Waals surface area contributed by atoms with Gasteiger partial charge < -0.3 is 5.32 Å². The Morgan fingerprint density at radius 2 is 2.29 bits per heavy atom. The van der Waals surface area contributed by atoms with Crippen molar-refractivity contribution < 1.29 is 0 Å². The van der Waals surface area contributed by atoms with E-state index >= 15 is 0 Å². The predicted octanol–water partition coefficient (Wildman–Crippen LogP) is 1.81. The molecule has 0 radical (unpaired) electrons. The van der Waals surface area contributed by atoms with Crippen molar-refractivity contribution in [3.63, 3.8) is 0 Å². The first-order chi connectivity index (χ1) is 8.16. The van der Waals surface area contributed by atoms with E-state index in [1.165, 1.54) is 6.33 Å². The number of halogens is 1. The summed E-state index contributed by atoms with van der Waals surface area (Å²) in [6.45, 7) is 4.89. The van der Waals surface area contributed by atoms with Gasteiger partial charge >= 0.3 is 0 Å².